The second kappa shape index (κ2) is 8.08. The lowest BCUT2D eigenvalue weighted by molar-refractivity contribution is -0.122. The molecule has 136 valence electrons. The first-order valence-electron chi connectivity index (χ1n) is 8.18. The van der Waals surface area contributed by atoms with Crippen molar-refractivity contribution in [2.45, 2.75) is 12.8 Å². The molecule has 5 nitrogen and oxygen atoms in total. The predicted molar refractivity (Wildman–Crippen MR) is 103 cm³/mol. The van der Waals surface area contributed by atoms with Crippen LogP contribution in [0.25, 0.3) is 0 Å². The van der Waals surface area contributed by atoms with Gasteiger partial charge in [0.25, 0.3) is 11.8 Å². The first-order chi connectivity index (χ1) is 12.5. The maximum atomic E-state index is 12.5. The molecule has 2 aromatic carbocycles. The molecule has 0 atom stereocenters. The Balaban J connectivity index is 1.82. The first kappa shape index (κ1) is 18.7. The van der Waals surface area contributed by atoms with Crippen molar-refractivity contribution in [3.05, 3.63) is 57.6 Å². The average molecular weight is 393 g/mol. The number of amides is 2. The summed E-state index contributed by atoms with van der Waals surface area (Å²) in [6, 6.07) is 10.3. The normalized spacial score (nSPS) is 13.3. The number of hydrogen-bond donors (Lipinski definition) is 1. The zero-order chi connectivity index (χ0) is 18.7. The number of anilines is 2. The summed E-state index contributed by atoms with van der Waals surface area (Å²) < 4.78 is 4.95. The van der Waals surface area contributed by atoms with Crippen LogP contribution in [0.2, 0.25) is 10.0 Å². The van der Waals surface area contributed by atoms with Crippen molar-refractivity contribution in [3.8, 4) is 0 Å². The second-order valence-electron chi connectivity index (χ2n) is 6.00. The number of carbonyl (C=O) groups is 2. The Morgan fingerprint density at radius 3 is 2.77 bits per heavy atom. The number of carbonyl (C=O) groups excluding carboxylic acids is 2. The van der Waals surface area contributed by atoms with Gasteiger partial charge in [-0.15, -0.1) is 0 Å². The van der Waals surface area contributed by atoms with Crippen molar-refractivity contribution < 1.29 is 14.3 Å². The molecule has 2 amide bonds. The lowest BCUT2D eigenvalue weighted by Gasteiger charge is -2.29. The number of benzene rings is 2. The monoisotopic (exact) mass is 392 g/mol. The largest absolute Gasteiger partial charge is 0.375 e. The van der Waals surface area contributed by atoms with Gasteiger partial charge in [-0.3, -0.25) is 9.59 Å². The third-order valence-electron chi connectivity index (χ3n) is 4.20. The molecule has 1 heterocycles. The summed E-state index contributed by atoms with van der Waals surface area (Å²) in [6.45, 7) is 0.713. The number of rotatable bonds is 4. The number of hydrogen-bond acceptors (Lipinski definition) is 3. The molecule has 0 saturated carbocycles. The summed E-state index contributed by atoms with van der Waals surface area (Å²) in [5, 5.41) is 3.61. The molecule has 1 N–H and O–H groups in total. The Bertz CT molecular complexity index is 855. The summed E-state index contributed by atoms with van der Waals surface area (Å²) in [5.41, 5.74) is 2.83. The molecular formula is C19H18Cl2N2O3. The maximum absolute atomic E-state index is 12.5. The van der Waals surface area contributed by atoms with Gasteiger partial charge in [-0.25, -0.2) is 0 Å². The highest BCUT2D eigenvalue weighted by Gasteiger charge is 2.23. The van der Waals surface area contributed by atoms with E-state index in [1.807, 2.05) is 12.1 Å². The molecule has 0 fully saturated rings. The first-order valence-corrected chi connectivity index (χ1v) is 8.94. The SMILES string of the molecule is COCC(=O)N1CCCc2cc(NC(=O)c3cc(Cl)ccc3Cl)ccc21. The molecule has 3 rings (SSSR count). The van der Waals surface area contributed by atoms with Crippen molar-refractivity contribution in [2.24, 2.45) is 0 Å². The van der Waals surface area contributed by atoms with Crippen LogP contribution in [0.1, 0.15) is 22.3 Å². The molecule has 0 bridgehead atoms. The van der Waals surface area contributed by atoms with Gasteiger partial charge in [-0.1, -0.05) is 23.2 Å². The number of nitrogens with one attached hydrogen (secondary N) is 1. The third-order valence-corrected chi connectivity index (χ3v) is 4.76. The van der Waals surface area contributed by atoms with Gasteiger partial charge in [0.1, 0.15) is 6.61 Å². The van der Waals surface area contributed by atoms with Gasteiger partial charge in [-0.2, -0.15) is 0 Å². The Hall–Kier alpha value is -2.08. The minimum absolute atomic E-state index is 0.0468. The number of halogens is 2. The van der Waals surface area contributed by atoms with E-state index < -0.39 is 0 Å². The van der Waals surface area contributed by atoms with Gasteiger partial charge < -0.3 is 15.0 Å². The predicted octanol–water partition coefficient (Wildman–Crippen LogP) is 4.17. The second-order valence-corrected chi connectivity index (χ2v) is 6.85. The minimum atomic E-state index is -0.333. The van der Waals surface area contributed by atoms with Crippen LogP contribution < -0.4 is 10.2 Å². The Morgan fingerprint density at radius 1 is 1.19 bits per heavy atom. The standard InChI is InChI=1S/C19H18Cl2N2O3/c1-26-11-18(24)23-8-2-3-12-9-14(5-7-17(12)23)22-19(25)15-10-13(20)4-6-16(15)21/h4-7,9-10H,2-3,8,11H2,1H3,(H,22,25). The summed E-state index contributed by atoms with van der Waals surface area (Å²) in [7, 11) is 1.50. The molecule has 1 aliphatic rings. The van der Waals surface area contributed by atoms with Gasteiger partial charge in [-0.05, 0) is 54.8 Å². The quantitative estimate of drug-likeness (QED) is 0.848. The summed E-state index contributed by atoms with van der Waals surface area (Å²) in [6.07, 6.45) is 1.70. The summed E-state index contributed by atoms with van der Waals surface area (Å²) >= 11 is 12.0. The molecule has 1 aliphatic heterocycles. The number of ether oxygens (including phenoxy) is 1. The number of aryl methyl sites for hydroxylation is 1. The van der Waals surface area contributed by atoms with Crippen LogP contribution >= 0.6 is 23.2 Å². The number of fused-ring (bicyclic) bond motifs is 1. The van der Waals surface area contributed by atoms with E-state index >= 15 is 0 Å². The van der Waals surface area contributed by atoms with Crippen molar-refractivity contribution in [2.75, 3.05) is 30.5 Å². The van der Waals surface area contributed by atoms with Gasteiger partial charge in [0.05, 0.1) is 10.6 Å². The van der Waals surface area contributed by atoms with E-state index in [4.69, 9.17) is 27.9 Å². The topological polar surface area (TPSA) is 58.6 Å². The van der Waals surface area contributed by atoms with Crippen molar-refractivity contribution in [3.63, 3.8) is 0 Å². The van der Waals surface area contributed by atoms with Crippen LogP contribution in [0, 0.1) is 0 Å². The van der Waals surface area contributed by atoms with E-state index in [1.165, 1.54) is 13.2 Å². The highest BCUT2D eigenvalue weighted by atomic mass is 35.5. The fraction of sp³-hybridized carbons (Fsp3) is 0.263. The molecular weight excluding hydrogens is 375 g/mol. The van der Waals surface area contributed by atoms with Crippen LogP contribution in [0.4, 0.5) is 11.4 Å². The van der Waals surface area contributed by atoms with Gasteiger partial charge in [0.2, 0.25) is 0 Å². The van der Waals surface area contributed by atoms with Crippen molar-refractivity contribution in [1.29, 1.82) is 0 Å². The van der Waals surface area contributed by atoms with Crippen LogP contribution in [0.5, 0.6) is 0 Å². The van der Waals surface area contributed by atoms with E-state index in [9.17, 15) is 9.59 Å². The zero-order valence-electron chi connectivity index (χ0n) is 14.2. The maximum Gasteiger partial charge on any atom is 0.257 e. The lowest BCUT2D eigenvalue weighted by Crippen LogP contribution is -2.37. The Kier molecular flexibility index (Phi) is 5.81. The molecule has 0 saturated heterocycles. The smallest absolute Gasteiger partial charge is 0.257 e. The highest BCUT2D eigenvalue weighted by molar-refractivity contribution is 6.36. The van der Waals surface area contributed by atoms with E-state index in [1.54, 1.807) is 23.1 Å². The van der Waals surface area contributed by atoms with Gasteiger partial charge in [0.15, 0.2) is 0 Å². The van der Waals surface area contributed by atoms with Crippen molar-refractivity contribution in [1.82, 2.24) is 0 Å². The number of methoxy groups -OCH3 is 1. The summed E-state index contributed by atoms with van der Waals surface area (Å²) in [5.74, 6) is -0.406. The van der Waals surface area contributed by atoms with E-state index in [2.05, 4.69) is 5.32 Å². The molecule has 7 heteroatoms. The van der Waals surface area contributed by atoms with Gasteiger partial charge >= 0.3 is 0 Å². The highest BCUT2D eigenvalue weighted by Crippen LogP contribution is 2.30. The van der Waals surface area contributed by atoms with Crippen LogP contribution in [0.15, 0.2) is 36.4 Å². The van der Waals surface area contributed by atoms with Crippen LogP contribution in [0.3, 0.4) is 0 Å². The minimum Gasteiger partial charge on any atom is -0.375 e. The molecule has 0 aromatic heterocycles. The van der Waals surface area contributed by atoms with E-state index in [0.717, 1.165) is 24.1 Å². The molecule has 26 heavy (non-hydrogen) atoms. The fourth-order valence-electron chi connectivity index (χ4n) is 3.01. The fourth-order valence-corrected chi connectivity index (χ4v) is 3.38. The van der Waals surface area contributed by atoms with Gasteiger partial charge in [0, 0.05) is 30.1 Å². The zero-order valence-corrected chi connectivity index (χ0v) is 15.7. The molecule has 0 radical (unpaired) electrons. The van der Waals surface area contributed by atoms with E-state index in [-0.39, 0.29) is 18.4 Å². The molecule has 2 aromatic rings. The van der Waals surface area contributed by atoms with Crippen LogP contribution in [-0.4, -0.2) is 32.1 Å². The Morgan fingerprint density at radius 2 is 2.00 bits per heavy atom. The molecule has 0 unspecified atom stereocenters. The Labute approximate surface area is 161 Å². The lowest BCUT2D eigenvalue weighted by atomic mass is 10.0. The average Bonchev–Trinajstić information content (AvgIpc) is 2.63. The van der Waals surface area contributed by atoms with Crippen molar-refractivity contribution >= 4 is 46.4 Å². The third kappa shape index (κ3) is 4.01. The number of nitrogens with zero attached hydrogens (tertiary/aromatic N) is 1. The molecule has 0 aliphatic carbocycles. The van der Waals surface area contributed by atoms with Crippen LogP contribution in [-0.2, 0) is 16.0 Å². The molecule has 0 spiro atoms. The van der Waals surface area contributed by atoms with E-state index in [0.29, 0.717) is 27.8 Å². The summed E-state index contributed by atoms with van der Waals surface area (Å²) in [4.78, 5) is 26.4.